The Labute approximate surface area is 147 Å². The minimum atomic E-state index is -7.92. The van der Waals surface area contributed by atoms with E-state index in [1.54, 1.807) is 5.32 Å². The van der Waals surface area contributed by atoms with E-state index >= 15 is 0 Å². The summed E-state index contributed by atoms with van der Waals surface area (Å²) in [6.07, 6.45) is -11.1. The first-order chi connectivity index (χ1) is 12.2. The van der Waals surface area contributed by atoms with E-state index in [2.05, 4.69) is 10.7 Å². The van der Waals surface area contributed by atoms with E-state index < -0.39 is 67.7 Å². The number of nitrogens with one attached hydrogen (secondary N) is 1. The number of carbonyl (C=O) groups excluding carboxylic acids is 1. The van der Waals surface area contributed by atoms with Gasteiger partial charge in [-0.2, -0.15) is 57.1 Å². The Kier molecular flexibility index (Phi) is 7.64. The summed E-state index contributed by atoms with van der Waals surface area (Å²) in [6.45, 7) is -1.75. The number of rotatable bonds is 10. The van der Waals surface area contributed by atoms with Crippen molar-refractivity contribution in [2.24, 2.45) is 5.90 Å². The van der Waals surface area contributed by atoms with Gasteiger partial charge in [-0.3, -0.25) is 9.63 Å². The number of alkyl halides is 13. The van der Waals surface area contributed by atoms with Crippen LogP contribution >= 0.6 is 0 Å². The molecule has 28 heavy (non-hydrogen) atoms. The molecule has 0 aliphatic rings. The van der Waals surface area contributed by atoms with Crippen LogP contribution in [0.25, 0.3) is 0 Å². The maximum Gasteiger partial charge on any atom is 0.460 e. The Morgan fingerprint density at radius 1 is 0.750 bits per heavy atom. The van der Waals surface area contributed by atoms with Crippen LogP contribution in [0.4, 0.5) is 57.1 Å². The highest BCUT2D eigenvalue weighted by atomic mass is 19.4. The van der Waals surface area contributed by atoms with Crippen molar-refractivity contribution in [1.82, 2.24) is 5.32 Å². The largest absolute Gasteiger partial charge is 0.460 e. The van der Waals surface area contributed by atoms with Gasteiger partial charge in [-0.1, -0.05) is 0 Å². The van der Waals surface area contributed by atoms with Gasteiger partial charge in [-0.25, -0.2) is 5.90 Å². The topological polar surface area (TPSA) is 64.3 Å². The van der Waals surface area contributed by atoms with Gasteiger partial charge in [0.05, 0.1) is 0 Å². The molecule has 0 saturated carbocycles. The summed E-state index contributed by atoms with van der Waals surface area (Å²) in [5.74, 6) is -33.6. The third kappa shape index (κ3) is 4.55. The minimum absolute atomic E-state index is 0.830. The molecule has 0 aromatic carbocycles. The van der Waals surface area contributed by atoms with Crippen LogP contribution in [0.3, 0.4) is 0 Å². The molecule has 4 nitrogen and oxygen atoms in total. The lowest BCUT2D eigenvalue weighted by atomic mass is 9.92. The van der Waals surface area contributed by atoms with Crippen LogP contribution in [0, 0.1) is 0 Å². The molecular weight excluding hydrogens is 439 g/mol. The van der Waals surface area contributed by atoms with Crippen molar-refractivity contribution in [2.75, 3.05) is 13.2 Å². The number of amides is 1. The number of halogens is 13. The zero-order valence-corrected chi connectivity index (χ0v) is 13.1. The Bertz CT molecular complexity index is 547. The first kappa shape index (κ1) is 26.5. The molecule has 0 aromatic heterocycles. The Morgan fingerprint density at radius 2 is 1.18 bits per heavy atom. The SMILES string of the molecule is NOCC(=O)NCCCC(F)(F)C(F)(F)C(F)(F)C(F)(F)C(F)(F)C(F)(F)F. The van der Waals surface area contributed by atoms with Gasteiger partial charge in [0.15, 0.2) is 0 Å². The van der Waals surface area contributed by atoms with Gasteiger partial charge in [0.25, 0.3) is 0 Å². The van der Waals surface area contributed by atoms with Gasteiger partial charge in [0.2, 0.25) is 5.91 Å². The highest BCUT2D eigenvalue weighted by Crippen LogP contribution is 2.60. The monoisotopic (exact) mass is 450 g/mol. The van der Waals surface area contributed by atoms with Crippen LogP contribution in [0.2, 0.25) is 0 Å². The smallest absolute Gasteiger partial charge is 0.354 e. The summed E-state index contributed by atoms with van der Waals surface area (Å²) in [5, 5.41) is 1.69. The molecule has 1 amide bonds. The maximum atomic E-state index is 13.3. The highest BCUT2D eigenvalue weighted by Gasteiger charge is 2.90. The summed E-state index contributed by atoms with van der Waals surface area (Å²) in [7, 11) is 0. The van der Waals surface area contributed by atoms with E-state index in [-0.39, 0.29) is 0 Å². The fourth-order valence-corrected chi connectivity index (χ4v) is 1.62. The summed E-state index contributed by atoms with van der Waals surface area (Å²) >= 11 is 0. The first-order valence-electron chi connectivity index (χ1n) is 6.75. The predicted molar refractivity (Wildman–Crippen MR) is 63.2 cm³/mol. The molecule has 0 saturated heterocycles. The van der Waals surface area contributed by atoms with Crippen LogP contribution in [-0.4, -0.2) is 54.8 Å². The predicted octanol–water partition coefficient (Wildman–Crippen LogP) is 3.51. The van der Waals surface area contributed by atoms with Gasteiger partial charge in [-0.15, -0.1) is 0 Å². The quantitative estimate of drug-likeness (QED) is 0.304. The second-order valence-corrected chi connectivity index (χ2v) is 5.26. The molecule has 0 spiro atoms. The van der Waals surface area contributed by atoms with Crippen molar-refractivity contribution in [1.29, 1.82) is 0 Å². The van der Waals surface area contributed by atoms with E-state index in [0.717, 1.165) is 0 Å². The van der Waals surface area contributed by atoms with Gasteiger partial charge in [0, 0.05) is 13.0 Å². The molecule has 0 bridgehead atoms. The Balaban J connectivity index is 5.54. The van der Waals surface area contributed by atoms with Crippen molar-refractivity contribution in [2.45, 2.75) is 48.6 Å². The summed E-state index contributed by atoms with van der Waals surface area (Å²) in [6, 6.07) is 0. The molecule has 0 heterocycles. The fraction of sp³-hybridized carbons (Fsp3) is 0.909. The van der Waals surface area contributed by atoms with Gasteiger partial charge in [0.1, 0.15) is 6.61 Å². The van der Waals surface area contributed by atoms with Crippen LogP contribution < -0.4 is 11.2 Å². The van der Waals surface area contributed by atoms with E-state index in [1.807, 2.05) is 0 Å². The van der Waals surface area contributed by atoms with E-state index in [0.29, 0.717) is 0 Å². The normalized spacial score (nSPS) is 14.9. The highest BCUT2D eigenvalue weighted by molar-refractivity contribution is 5.77. The number of carbonyl (C=O) groups is 1. The average molecular weight is 450 g/mol. The Hall–Kier alpha value is -1.52. The Morgan fingerprint density at radius 3 is 1.57 bits per heavy atom. The first-order valence-corrected chi connectivity index (χ1v) is 6.75. The van der Waals surface area contributed by atoms with Crippen LogP contribution in [0.5, 0.6) is 0 Å². The fourth-order valence-electron chi connectivity index (χ4n) is 1.62. The standard InChI is InChI=1S/C11H11F13N2O2/c12-6(13,2-1-3-26-5(27)4-28-25)7(14,15)8(16,17)9(18,19)10(20,21)11(22,23)24/h1-4,25H2,(H,26,27). The van der Waals surface area contributed by atoms with Gasteiger partial charge < -0.3 is 5.32 Å². The number of hydrogen-bond donors (Lipinski definition) is 2. The second-order valence-electron chi connectivity index (χ2n) is 5.26. The van der Waals surface area contributed by atoms with Crippen molar-refractivity contribution >= 4 is 5.91 Å². The summed E-state index contributed by atoms with van der Waals surface area (Å²) in [4.78, 5) is 14.6. The second kappa shape index (κ2) is 8.08. The van der Waals surface area contributed by atoms with Crippen molar-refractivity contribution in [3.63, 3.8) is 0 Å². The van der Waals surface area contributed by atoms with Crippen LogP contribution in [-0.2, 0) is 9.63 Å². The summed E-state index contributed by atoms with van der Waals surface area (Å²) < 4.78 is 166. The molecule has 3 N–H and O–H groups in total. The molecule has 17 heteroatoms. The molecule has 0 atom stereocenters. The zero-order chi connectivity index (χ0) is 22.8. The summed E-state index contributed by atoms with van der Waals surface area (Å²) in [5.41, 5.74) is 0. The van der Waals surface area contributed by atoms with Crippen LogP contribution in [0.1, 0.15) is 12.8 Å². The van der Waals surface area contributed by atoms with Crippen molar-refractivity contribution in [3.05, 3.63) is 0 Å². The lowest BCUT2D eigenvalue weighted by molar-refractivity contribution is -0.440. The average Bonchev–Trinajstić information content (AvgIpc) is 2.50. The third-order valence-corrected chi connectivity index (χ3v) is 3.20. The van der Waals surface area contributed by atoms with Crippen LogP contribution in [0.15, 0.2) is 0 Å². The lowest BCUT2D eigenvalue weighted by Crippen LogP contribution is -2.70. The molecule has 0 rings (SSSR count). The third-order valence-electron chi connectivity index (χ3n) is 3.20. The van der Waals surface area contributed by atoms with Gasteiger partial charge >= 0.3 is 35.8 Å². The maximum absolute atomic E-state index is 13.3. The molecule has 168 valence electrons. The van der Waals surface area contributed by atoms with E-state index in [9.17, 15) is 61.9 Å². The molecule has 0 aliphatic heterocycles. The van der Waals surface area contributed by atoms with E-state index in [4.69, 9.17) is 0 Å². The zero-order valence-electron chi connectivity index (χ0n) is 13.1. The van der Waals surface area contributed by atoms with Gasteiger partial charge in [-0.05, 0) is 6.42 Å². The number of hydrogen-bond acceptors (Lipinski definition) is 3. The van der Waals surface area contributed by atoms with Crippen molar-refractivity contribution < 1.29 is 66.7 Å². The minimum Gasteiger partial charge on any atom is -0.354 e. The van der Waals surface area contributed by atoms with E-state index in [1.165, 1.54) is 0 Å². The van der Waals surface area contributed by atoms with Crippen molar-refractivity contribution in [3.8, 4) is 0 Å². The molecule has 0 unspecified atom stereocenters. The lowest BCUT2D eigenvalue weighted by Gasteiger charge is -2.39. The molecule has 0 aliphatic carbocycles. The molecule has 0 fully saturated rings. The number of nitrogens with two attached hydrogens (primary N) is 1. The molecule has 0 aromatic rings. The molecule has 0 radical (unpaired) electrons. The molecular formula is C11H11F13N2O2.